The first-order chi connectivity index (χ1) is 16.3. The maximum Gasteiger partial charge on any atom is 0.316 e. The molecule has 2 aromatic rings. The molecule has 174 valence electrons. The number of fused-ring (bicyclic) bond motifs is 1. The number of anilines is 2. The van der Waals surface area contributed by atoms with Crippen molar-refractivity contribution in [3.63, 3.8) is 0 Å². The number of rotatable bonds is 4. The van der Waals surface area contributed by atoms with Crippen molar-refractivity contribution in [1.82, 2.24) is 0 Å². The Hall–Kier alpha value is -3.16. The maximum absolute atomic E-state index is 12.7. The SMILES string of the molecule is O=C(Oc1ccc(N2C(=O)[C@H]3CC=CC[C@H]3C2=O)cc1)[C@H]1CC(=O)N(c2cc(Cl)ccc2Cl)C1. The monoisotopic (exact) mass is 498 g/mol. The Balaban J connectivity index is 1.25. The number of benzene rings is 2. The Bertz CT molecular complexity index is 1200. The molecule has 0 spiro atoms. The van der Waals surface area contributed by atoms with E-state index < -0.39 is 11.9 Å². The molecule has 0 aromatic heterocycles. The molecule has 0 radical (unpaired) electrons. The highest BCUT2D eigenvalue weighted by Crippen LogP contribution is 2.38. The van der Waals surface area contributed by atoms with Crippen LogP contribution in [0.4, 0.5) is 11.4 Å². The van der Waals surface area contributed by atoms with Gasteiger partial charge in [0.2, 0.25) is 17.7 Å². The molecule has 2 aliphatic heterocycles. The number of carbonyl (C=O) groups excluding carboxylic acids is 4. The van der Waals surface area contributed by atoms with Crippen LogP contribution in [0.2, 0.25) is 10.0 Å². The molecule has 1 aliphatic carbocycles. The topological polar surface area (TPSA) is 84.0 Å². The molecule has 5 rings (SSSR count). The van der Waals surface area contributed by atoms with Gasteiger partial charge >= 0.3 is 5.97 Å². The molecule has 34 heavy (non-hydrogen) atoms. The molecule has 0 N–H and O–H groups in total. The van der Waals surface area contributed by atoms with Crippen molar-refractivity contribution >= 4 is 58.3 Å². The van der Waals surface area contributed by atoms with E-state index in [-0.39, 0.29) is 48.3 Å². The second-order valence-electron chi connectivity index (χ2n) is 8.58. The number of hydrogen-bond donors (Lipinski definition) is 0. The van der Waals surface area contributed by atoms with E-state index in [2.05, 4.69) is 0 Å². The summed E-state index contributed by atoms with van der Waals surface area (Å²) in [4.78, 5) is 53.4. The number of nitrogens with zero attached hydrogens (tertiary/aromatic N) is 2. The van der Waals surface area contributed by atoms with Gasteiger partial charge in [-0.05, 0) is 55.3 Å². The molecule has 2 aromatic carbocycles. The minimum absolute atomic E-state index is 0.00659. The van der Waals surface area contributed by atoms with Crippen LogP contribution < -0.4 is 14.5 Å². The molecule has 3 aliphatic rings. The summed E-state index contributed by atoms with van der Waals surface area (Å²) in [6.07, 6.45) is 5.01. The Labute approximate surface area is 205 Å². The molecule has 2 saturated heterocycles. The molecule has 0 unspecified atom stereocenters. The number of esters is 1. The Kier molecular flexibility index (Phi) is 5.91. The normalized spacial score (nSPS) is 24.1. The minimum atomic E-state index is -0.667. The fourth-order valence-corrected chi connectivity index (χ4v) is 5.09. The lowest BCUT2D eigenvalue weighted by atomic mass is 9.85. The van der Waals surface area contributed by atoms with Crippen LogP contribution in [0.5, 0.6) is 5.75 Å². The summed E-state index contributed by atoms with van der Waals surface area (Å²) in [6, 6.07) is 11.1. The Morgan fingerprint density at radius 3 is 2.21 bits per heavy atom. The molecule has 0 saturated carbocycles. The average molecular weight is 499 g/mol. The summed E-state index contributed by atoms with van der Waals surface area (Å²) < 4.78 is 5.48. The van der Waals surface area contributed by atoms with Gasteiger partial charge in [-0.3, -0.25) is 24.1 Å². The van der Waals surface area contributed by atoms with Gasteiger partial charge in [0.1, 0.15) is 5.75 Å². The molecule has 3 atom stereocenters. The van der Waals surface area contributed by atoms with E-state index in [1.54, 1.807) is 30.3 Å². The first-order valence-corrected chi connectivity index (χ1v) is 11.7. The third-order valence-electron chi connectivity index (χ3n) is 6.48. The Morgan fingerprint density at radius 1 is 0.912 bits per heavy atom. The number of hydrogen-bond acceptors (Lipinski definition) is 5. The van der Waals surface area contributed by atoms with Gasteiger partial charge in [-0.15, -0.1) is 0 Å². The van der Waals surface area contributed by atoms with Crippen molar-refractivity contribution in [3.05, 3.63) is 64.7 Å². The quantitative estimate of drug-likeness (QED) is 0.270. The van der Waals surface area contributed by atoms with Crippen LogP contribution in [0.25, 0.3) is 0 Å². The minimum Gasteiger partial charge on any atom is -0.426 e. The second kappa shape index (κ2) is 8.89. The van der Waals surface area contributed by atoms with Crippen LogP contribution in [0, 0.1) is 17.8 Å². The van der Waals surface area contributed by atoms with Gasteiger partial charge < -0.3 is 9.64 Å². The molecule has 0 bridgehead atoms. The fourth-order valence-electron chi connectivity index (χ4n) is 4.71. The van der Waals surface area contributed by atoms with Crippen LogP contribution in [0.3, 0.4) is 0 Å². The van der Waals surface area contributed by atoms with Crippen molar-refractivity contribution in [1.29, 1.82) is 0 Å². The lowest BCUT2D eigenvalue weighted by Gasteiger charge is -2.18. The lowest BCUT2D eigenvalue weighted by molar-refractivity contribution is -0.139. The van der Waals surface area contributed by atoms with Crippen LogP contribution >= 0.6 is 23.2 Å². The number of ether oxygens (including phenoxy) is 1. The lowest BCUT2D eigenvalue weighted by Crippen LogP contribution is -2.30. The maximum atomic E-state index is 12.7. The van der Waals surface area contributed by atoms with Crippen LogP contribution in [-0.4, -0.2) is 30.2 Å². The number of amides is 3. The predicted molar refractivity (Wildman–Crippen MR) is 127 cm³/mol. The van der Waals surface area contributed by atoms with Crippen molar-refractivity contribution in [2.24, 2.45) is 17.8 Å². The fraction of sp³-hybridized carbons (Fsp3) is 0.280. The number of allylic oxidation sites excluding steroid dienone is 2. The molecule has 3 amide bonds. The first kappa shape index (κ1) is 22.6. The van der Waals surface area contributed by atoms with Crippen molar-refractivity contribution < 1.29 is 23.9 Å². The summed E-state index contributed by atoms with van der Waals surface area (Å²) in [7, 11) is 0. The summed E-state index contributed by atoms with van der Waals surface area (Å²) in [6.45, 7) is 0.128. The van der Waals surface area contributed by atoms with Crippen LogP contribution in [-0.2, 0) is 19.2 Å². The Morgan fingerprint density at radius 2 is 1.56 bits per heavy atom. The highest BCUT2D eigenvalue weighted by atomic mass is 35.5. The van der Waals surface area contributed by atoms with E-state index in [9.17, 15) is 19.2 Å². The largest absolute Gasteiger partial charge is 0.426 e. The molecular formula is C25H20Cl2N2O5. The van der Waals surface area contributed by atoms with Gasteiger partial charge in [-0.1, -0.05) is 35.4 Å². The van der Waals surface area contributed by atoms with Crippen LogP contribution in [0.15, 0.2) is 54.6 Å². The van der Waals surface area contributed by atoms with E-state index in [0.29, 0.717) is 34.3 Å². The van der Waals surface area contributed by atoms with Crippen molar-refractivity contribution in [2.75, 3.05) is 16.3 Å². The average Bonchev–Trinajstić information content (AvgIpc) is 3.34. The summed E-state index contributed by atoms with van der Waals surface area (Å²) in [5.74, 6) is -2.23. The van der Waals surface area contributed by atoms with Gasteiger partial charge in [0.25, 0.3) is 0 Å². The third-order valence-corrected chi connectivity index (χ3v) is 7.03. The van der Waals surface area contributed by atoms with Gasteiger partial charge in [-0.25, -0.2) is 0 Å². The standard InChI is InChI=1S/C25H20Cl2N2O5/c26-15-5-10-20(27)21(12-15)28-13-14(11-22(28)30)25(33)34-17-8-6-16(7-9-17)29-23(31)18-3-1-2-4-19(18)24(29)32/h1-2,5-10,12,14,18-19H,3-4,11,13H2/t14-,18-,19+/m0/s1. The van der Waals surface area contributed by atoms with Gasteiger partial charge in [0.05, 0.1) is 34.2 Å². The van der Waals surface area contributed by atoms with Crippen molar-refractivity contribution in [3.8, 4) is 5.75 Å². The molecular weight excluding hydrogens is 479 g/mol. The number of halogens is 2. The van der Waals surface area contributed by atoms with Crippen LogP contribution in [0.1, 0.15) is 19.3 Å². The zero-order valence-electron chi connectivity index (χ0n) is 17.9. The summed E-state index contributed by atoms with van der Waals surface area (Å²) in [5, 5.41) is 0.799. The highest BCUT2D eigenvalue weighted by molar-refractivity contribution is 6.36. The number of carbonyl (C=O) groups is 4. The summed E-state index contributed by atoms with van der Waals surface area (Å²) in [5.41, 5.74) is 0.900. The first-order valence-electron chi connectivity index (χ1n) is 10.9. The van der Waals surface area contributed by atoms with E-state index >= 15 is 0 Å². The second-order valence-corrected chi connectivity index (χ2v) is 9.43. The highest BCUT2D eigenvalue weighted by Gasteiger charge is 2.47. The molecule has 2 fully saturated rings. The third kappa shape index (κ3) is 3.99. The van der Waals surface area contributed by atoms with Crippen molar-refractivity contribution in [2.45, 2.75) is 19.3 Å². The molecule has 2 heterocycles. The smallest absolute Gasteiger partial charge is 0.316 e. The molecule has 7 nitrogen and oxygen atoms in total. The molecule has 9 heteroatoms. The zero-order chi connectivity index (χ0) is 24.0. The van der Waals surface area contributed by atoms with E-state index in [1.807, 2.05) is 12.2 Å². The number of imide groups is 1. The predicted octanol–water partition coefficient (Wildman–Crippen LogP) is 4.41. The van der Waals surface area contributed by atoms with E-state index in [0.717, 1.165) is 0 Å². The summed E-state index contributed by atoms with van der Waals surface area (Å²) >= 11 is 12.2. The van der Waals surface area contributed by atoms with Gasteiger partial charge in [0, 0.05) is 18.0 Å². The van der Waals surface area contributed by atoms with Gasteiger partial charge in [-0.2, -0.15) is 0 Å². The zero-order valence-corrected chi connectivity index (χ0v) is 19.5. The van der Waals surface area contributed by atoms with Gasteiger partial charge in [0.15, 0.2) is 0 Å². The van der Waals surface area contributed by atoms with E-state index in [4.69, 9.17) is 27.9 Å². The van der Waals surface area contributed by atoms with E-state index in [1.165, 1.54) is 21.9 Å².